The van der Waals surface area contributed by atoms with Crippen molar-refractivity contribution >= 4 is 17.9 Å². The highest BCUT2D eigenvalue weighted by Gasteiger charge is 2.33. The third kappa shape index (κ3) is 5.74. The Hall–Kier alpha value is -2.09. The molecule has 0 spiro atoms. The lowest BCUT2D eigenvalue weighted by molar-refractivity contribution is -0.181. The Morgan fingerprint density at radius 3 is 2.40 bits per heavy atom. The summed E-state index contributed by atoms with van der Waals surface area (Å²) in [6, 6.07) is -0.902. The summed E-state index contributed by atoms with van der Waals surface area (Å²) >= 11 is 0. The van der Waals surface area contributed by atoms with Crippen molar-refractivity contribution in [1.29, 1.82) is 0 Å². The molecule has 0 aromatic rings. The molecule has 1 rings (SSSR count). The number of carbonyl (C=O) groups excluding carboxylic acids is 3. The quantitative estimate of drug-likeness (QED) is 0.561. The van der Waals surface area contributed by atoms with Gasteiger partial charge in [-0.1, -0.05) is 20.4 Å². The molecule has 0 radical (unpaired) electrons. The number of amides is 3. The normalized spacial score (nSPS) is 17.2. The van der Waals surface area contributed by atoms with Gasteiger partial charge in [0.05, 0.1) is 13.7 Å². The number of likely N-dealkylation sites (N-methyl/N-ethyl adjacent to an activating group) is 1. The first kappa shape index (κ1) is 21.0. The first-order valence-electron chi connectivity index (χ1n) is 8.49. The molecule has 1 atom stereocenters. The van der Waals surface area contributed by atoms with E-state index < -0.39 is 12.0 Å². The number of hydrogen-bond acceptors (Lipinski definition) is 5. The molecule has 25 heavy (non-hydrogen) atoms. The molecule has 0 aromatic heterocycles. The molecular formula is C17H29N3O5. The van der Waals surface area contributed by atoms with E-state index in [9.17, 15) is 14.4 Å². The summed E-state index contributed by atoms with van der Waals surface area (Å²) in [5, 5.41) is 1.27. The summed E-state index contributed by atoms with van der Waals surface area (Å²) in [7, 11) is 2.92. The second kappa shape index (κ2) is 10.0. The summed E-state index contributed by atoms with van der Waals surface area (Å²) in [5.41, 5.74) is 0. The van der Waals surface area contributed by atoms with Crippen molar-refractivity contribution in [3.8, 4) is 0 Å². The maximum absolute atomic E-state index is 12.8. The molecule has 1 fully saturated rings. The molecule has 1 heterocycles. The van der Waals surface area contributed by atoms with Gasteiger partial charge in [-0.3, -0.25) is 9.63 Å². The van der Waals surface area contributed by atoms with Gasteiger partial charge in [-0.2, -0.15) is 0 Å². The largest absolute Gasteiger partial charge is 0.467 e. The van der Waals surface area contributed by atoms with Gasteiger partial charge in [0.25, 0.3) is 5.91 Å². The minimum Gasteiger partial charge on any atom is -0.467 e. The summed E-state index contributed by atoms with van der Waals surface area (Å²) < 4.78 is 4.82. The first-order chi connectivity index (χ1) is 11.8. The van der Waals surface area contributed by atoms with Crippen molar-refractivity contribution in [2.45, 2.75) is 32.7 Å². The predicted molar refractivity (Wildman–Crippen MR) is 92.5 cm³/mol. The van der Waals surface area contributed by atoms with Gasteiger partial charge in [0, 0.05) is 26.7 Å². The number of hydroxylamine groups is 2. The van der Waals surface area contributed by atoms with Gasteiger partial charge in [0.2, 0.25) is 0 Å². The number of methoxy groups -OCH3 is 1. The number of hydrogen-bond donors (Lipinski definition) is 0. The van der Waals surface area contributed by atoms with E-state index in [0.717, 1.165) is 6.42 Å². The van der Waals surface area contributed by atoms with Crippen molar-refractivity contribution in [3.63, 3.8) is 0 Å². The van der Waals surface area contributed by atoms with Crippen molar-refractivity contribution in [1.82, 2.24) is 14.9 Å². The molecular weight excluding hydrogens is 326 g/mol. The molecule has 0 aliphatic carbocycles. The zero-order chi connectivity index (χ0) is 19.0. The SMILES string of the molecule is C=CC(=O)N1CCCCN(C(=O)N(C)[C@H](C(=O)OC)C(C)C)CCO1. The van der Waals surface area contributed by atoms with Gasteiger partial charge in [0.1, 0.15) is 6.04 Å². The van der Waals surface area contributed by atoms with Crippen LogP contribution in [0.4, 0.5) is 4.79 Å². The molecule has 0 saturated carbocycles. The van der Waals surface area contributed by atoms with E-state index >= 15 is 0 Å². The Morgan fingerprint density at radius 2 is 1.84 bits per heavy atom. The zero-order valence-electron chi connectivity index (χ0n) is 15.6. The molecule has 3 amide bonds. The van der Waals surface area contributed by atoms with Gasteiger partial charge in [-0.05, 0) is 24.8 Å². The number of carbonyl (C=O) groups is 3. The van der Waals surface area contributed by atoms with E-state index in [0.29, 0.717) is 26.1 Å². The van der Waals surface area contributed by atoms with Crippen molar-refractivity contribution in [2.75, 3.05) is 40.4 Å². The van der Waals surface area contributed by atoms with Crippen molar-refractivity contribution in [2.24, 2.45) is 5.92 Å². The fourth-order valence-corrected chi connectivity index (χ4v) is 2.80. The molecule has 8 nitrogen and oxygen atoms in total. The number of rotatable bonds is 4. The summed E-state index contributed by atoms with van der Waals surface area (Å²) in [6.07, 6.45) is 2.64. The Bertz CT molecular complexity index is 495. The van der Waals surface area contributed by atoms with E-state index in [-0.39, 0.29) is 24.5 Å². The van der Waals surface area contributed by atoms with E-state index in [1.165, 1.54) is 23.1 Å². The maximum atomic E-state index is 12.8. The van der Waals surface area contributed by atoms with Crippen LogP contribution in [-0.4, -0.2) is 79.2 Å². The zero-order valence-corrected chi connectivity index (χ0v) is 15.6. The van der Waals surface area contributed by atoms with Crippen molar-refractivity contribution < 1.29 is 24.0 Å². The van der Waals surface area contributed by atoms with Crippen LogP contribution >= 0.6 is 0 Å². The average molecular weight is 355 g/mol. The topological polar surface area (TPSA) is 79.4 Å². The Kier molecular flexibility index (Phi) is 8.40. The first-order valence-corrected chi connectivity index (χ1v) is 8.49. The van der Waals surface area contributed by atoms with Crippen LogP contribution in [0.1, 0.15) is 26.7 Å². The van der Waals surface area contributed by atoms with E-state index in [1.807, 2.05) is 13.8 Å². The lowest BCUT2D eigenvalue weighted by atomic mass is 10.0. The van der Waals surface area contributed by atoms with Crippen LogP contribution in [0.25, 0.3) is 0 Å². The Labute approximate surface area is 149 Å². The smallest absolute Gasteiger partial charge is 0.328 e. The van der Waals surface area contributed by atoms with Crippen LogP contribution in [-0.2, 0) is 19.2 Å². The van der Waals surface area contributed by atoms with Gasteiger partial charge in [-0.25, -0.2) is 14.7 Å². The third-order valence-electron chi connectivity index (χ3n) is 4.13. The third-order valence-corrected chi connectivity index (χ3v) is 4.13. The maximum Gasteiger partial charge on any atom is 0.328 e. The Morgan fingerprint density at radius 1 is 1.20 bits per heavy atom. The highest BCUT2D eigenvalue weighted by molar-refractivity contribution is 5.86. The average Bonchev–Trinajstić information content (AvgIpc) is 2.71. The number of nitrogens with zero attached hydrogens (tertiary/aromatic N) is 3. The molecule has 8 heteroatoms. The van der Waals surface area contributed by atoms with Gasteiger partial charge in [0.15, 0.2) is 0 Å². The van der Waals surface area contributed by atoms with E-state index in [4.69, 9.17) is 9.57 Å². The van der Waals surface area contributed by atoms with Crippen LogP contribution in [0.5, 0.6) is 0 Å². The molecule has 0 N–H and O–H groups in total. The van der Waals surface area contributed by atoms with Crippen LogP contribution in [0.15, 0.2) is 12.7 Å². The molecule has 0 bridgehead atoms. The second-order valence-electron chi connectivity index (χ2n) is 6.28. The summed E-state index contributed by atoms with van der Waals surface area (Å²) in [5.74, 6) is -0.799. The van der Waals surface area contributed by atoms with Crippen LogP contribution < -0.4 is 0 Å². The number of urea groups is 1. The molecule has 0 aromatic carbocycles. The number of esters is 1. The summed E-state index contributed by atoms with van der Waals surface area (Å²) in [6.45, 7) is 8.71. The van der Waals surface area contributed by atoms with Crippen LogP contribution in [0.2, 0.25) is 0 Å². The molecule has 142 valence electrons. The highest BCUT2D eigenvalue weighted by atomic mass is 16.7. The molecule has 1 aliphatic heterocycles. The number of ether oxygens (including phenoxy) is 1. The van der Waals surface area contributed by atoms with Gasteiger partial charge >= 0.3 is 12.0 Å². The minimum absolute atomic E-state index is 0.0733. The van der Waals surface area contributed by atoms with Gasteiger partial charge in [-0.15, -0.1) is 0 Å². The van der Waals surface area contributed by atoms with Gasteiger partial charge < -0.3 is 14.5 Å². The van der Waals surface area contributed by atoms with E-state index in [2.05, 4.69) is 6.58 Å². The highest BCUT2D eigenvalue weighted by Crippen LogP contribution is 2.14. The lowest BCUT2D eigenvalue weighted by Crippen LogP contribution is -2.52. The molecule has 0 unspecified atom stereocenters. The lowest BCUT2D eigenvalue weighted by Gasteiger charge is -2.33. The molecule has 1 saturated heterocycles. The molecule has 1 aliphatic rings. The monoisotopic (exact) mass is 355 g/mol. The van der Waals surface area contributed by atoms with Crippen molar-refractivity contribution in [3.05, 3.63) is 12.7 Å². The fourth-order valence-electron chi connectivity index (χ4n) is 2.80. The minimum atomic E-state index is -0.648. The Balaban J connectivity index is 2.77. The second-order valence-corrected chi connectivity index (χ2v) is 6.28. The van der Waals surface area contributed by atoms with Crippen LogP contribution in [0.3, 0.4) is 0 Å². The van der Waals surface area contributed by atoms with E-state index in [1.54, 1.807) is 11.9 Å². The standard InChI is InChI=1S/C17H29N3O5/c1-6-14(21)20-10-8-7-9-19(11-12-25-20)17(23)18(4)15(13(2)3)16(22)24-5/h6,13,15H,1,7-12H2,2-5H3/t15-/m0/s1. The fraction of sp³-hybridized carbons (Fsp3) is 0.706. The summed E-state index contributed by atoms with van der Waals surface area (Å²) in [4.78, 5) is 45.0. The van der Waals surface area contributed by atoms with Crippen LogP contribution in [0, 0.1) is 5.92 Å². The predicted octanol–water partition coefficient (Wildman–Crippen LogP) is 1.28.